The highest BCUT2D eigenvalue weighted by Gasteiger charge is 2.20. The smallest absolute Gasteiger partial charge is 0.313 e. The van der Waals surface area contributed by atoms with Crippen LogP contribution in [0.25, 0.3) is 0 Å². The summed E-state index contributed by atoms with van der Waals surface area (Å²) < 4.78 is 5.50. The summed E-state index contributed by atoms with van der Waals surface area (Å²) in [6, 6.07) is 5.84. The Balaban J connectivity index is 1.83. The lowest BCUT2D eigenvalue weighted by molar-refractivity contribution is -0.386. The van der Waals surface area contributed by atoms with Crippen molar-refractivity contribution in [2.45, 2.75) is 32.2 Å². The van der Waals surface area contributed by atoms with E-state index in [1.54, 1.807) is 25.1 Å². The quantitative estimate of drug-likeness (QED) is 0.458. The van der Waals surface area contributed by atoms with E-state index in [0.29, 0.717) is 24.0 Å². The van der Waals surface area contributed by atoms with Crippen LogP contribution in [0.3, 0.4) is 0 Å². The summed E-state index contributed by atoms with van der Waals surface area (Å²) >= 11 is 0. The van der Waals surface area contributed by atoms with Gasteiger partial charge in [0.05, 0.1) is 11.5 Å². The third-order valence-electron chi connectivity index (χ3n) is 2.97. The number of aryl methyl sites for hydroxylation is 1. The summed E-state index contributed by atoms with van der Waals surface area (Å²) in [6.45, 7) is 3.13. The minimum Gasteiger partial charge on any atom is -0.487 e. The molecule has 0 bridgehead atoms. The maximum absolute atomic E-state index is 10.9. The van der Waals surface area contributed by atoms with Gasteiger partial charge in [-0.15, -0.1) is 0 Å². The molecule has 1 N–H and O–H groups in total. The van der Waals surface area contributed by atoms with Crippen molar-refractivity contribution in [1.82, 2.24) is 5.32 Å². The van der Waals surface area contributed by atoms with Gasteiger partial charge in [-0.05, 0) is 38.8 Å². The molecular formula is C13H18N2O3. The van der Waals surface area contributed by atoms with Crippen LogP contribution < -0.4 is 10.1 Å². The summed E-state index contributed by atoms with van der Waals surface area (Å²) in [5.74, 6) is 0.367. The average Bonchev–Trinajstić information content (AvgIpc) is 3.12. The standard InChI is InChI=1S/C13H18N2O3/c1-10-4-2-5-12(13(10)15(16)17)18-9-3-8-14-11-6-7-11/h2,4-5,11,14H,3,6-9H2,1H3. The van der Waals surface area contributed by atoms with Gasteiger partial charge in [0.15, 0.2) is 5.75 Å². The molecule has 1 fully saturated rings. The summed E-state index contributed by atoms with van der Waals surface area (Å²) in [4.78, 5) is 10.6. The van der Waals surface area contributed by atoms with E-state index in [0.717, 1.165) is 13.0 Å². The van der Waals surface area contributed by atoms with Crippen molar-refractivity contribution in [1.29, 1.82) is 0 Å². The Labute approximate surface area is 106 Å². The van der Waals surface area contributed by atoms with Crippen molar-refractivity contribution >= 4 is 5.69 Å². The van der Waals surface area contributed by atoms with Gasteiger partial charge in [-0.1, -0.05) is 12.1 Å². The Bertz CT molecular complexity index is 430. The molecule has 0 atom stereocenters. The van der Waals surface area contributed by atoms with E-state index in [9.17, 15) is 10.1 Å². The maximum Gasteiger partial charge on any atom is 0.313 e. The third kappa shape index (κ3) is 3.43. The molecule has 0 radical (unpaired) electrons. The molecule has 1 aromatic rings. The van der Waals surface area contributed by atoms with E-state index in [4.69, 9.17) is 4.74 Å². The Morgan fingerprint density at radius 3 is 2.94 bits per heavy atom. The molecule has 2 rings (SSSR count). The molecule has 0 unspecified atom stereocenters. The van der Waals surface area contributed by atoms with Gasteiger partial charge in [-0.3, -0.25) is 10.1 Å². The predicted molar refractivity (Wildman–Crippen MR) is 69.0 cm³/mol. The van der Waals surface area contributed by atoms with E-state index in [2.05, 4.69) is 5.32 Å². The lowest BCUT2D eigenvalue weighted by Crippen LogP contribution is -2.19. The molecule has 0 heterocycles. The van der Waals surface area contributed by atoms with Crippen LogP contribution in [0.1, 0.15) is 24.8 Å². The first-order valence-electron chi connectivity index (χ1n) is 6.28. The van der Waals surface area contributed by atoms with E-state index in [1.165, 1.54) is 12.8 Å². The Morgan fingerprint density at radius 1 is 1.50 bits per heavy atom. The fourth-order valence-corrected chi connectivity index (χ4v) is 1.83. The third-order valence-corrected chi connectivity index (χ3v) is 2.97. The van der Waals surface area contributed by atoms with Crippen molar-refractivity contribution in [3.8, 4) is 5.75 Å². The van der Waals surface area contributed by atoms with Crippen LogP contribution in [0.4, 0.5) is 5.69 Å². The van der Waals surface area contributed by atoms with Gasteiger partial charge >= 0.3 is 5.69 Å². The second-order valence-electron chi connectivity index (χ2n) is 4.61. The molecule has 5 heteroatoms. The van der Waals surface area contributed by atoms with Crippen molar-refractivity contribution in [2.75, 3.05) is 13.2 Å². The van der Waals surface area contributed by atoms with Gasteiger partial charge in [0.2, 0.25) is 0 Å². The Kier molecular flexibility index (Phi) is 4.15. The van der Waals surface area contributed by atoms with Crippen LogP contribution in [0.2, 0.25) is 0 Å². The molecule has 1 aliphatic rings. The molecule has 0 aliphatic heterocycles. The molecule has 0 amide bonds. The fraction of sp³-hybridized carbons (Fsp3) is 0.538. The number of nitrogens with one attached hydrogen (secondary N) is 1. The summed E-state index contributed by atoms with van der Waals surface area (Å²) in [5.41, 5.74) is 0.709. The van der Waals surface area contributed by atoms with Gasteiger partial charge < -0.3 is 10.1 Å². The largest absolute Gasteiger partial charge is 0.487 e. The van der Waals surface area contributed by atoms with E-state index in [-0.39, 0.29) is 10.6 Å². The predicted octanol–water partition coefficient (Wildman–Crippen LogP) is 2.42. The number of nitrogens with zero attached hydrogens (tertiary/aromatic N) is 1. The molecule has 98 valence electrons. The highest BCUT2D eigenvalue weighted by Crippen LogP contribution is 2.30. The minimum absolute atomic E-state index is 0.0765. The highest BCUT2D eigenvalue weighted by molar-refractivity contribution is 5.51. The van der Waals surface area contributed by atoms with Crippen LogP contribution in [-0.2, 0) is 0 Å². The Morgan fingerprint density at radius 2 is 2.28 bits per heavy atom. The number of ether oxygens (including phenoxy) is 1. The molecule has 18 heavy (non-hydrogen) atoms. The summed E-state index contributed by atoms with van der Waals surface area (Å²) in [5, 5.41) is 14.3. The number of hydrogen-bond donors (Lipinski definition) is 1. The zero-order valence-electron chi connectivity index (χ0n) is 10.5. The van der Waals surface area contributed by atoms with Gasteiger partial charge in [0, 0.05) is 11.6 Å². The number of hydrogen-bond acceptors (Lipinski definition) is 4. The van der Waals surface area contributed by atoms with Gasteiger partial charge in [-0.2, -0.15) is 0 Å². The topological polar surface area (TPSA) is 64.4 Å². The van der Waals surface area contributed by atoms with Crippen molar-refractivity contribution in [2.24, 2.45) is 0 Å². The first-order chi connectivity index (χ1) is 8.68. The van der Waals surface area contributed by atoms with Gasteiger partial charge in [0.1, 0.15) is 0 Å². The summed E-state index contributed by atoms with van der Waals surface area (Å²) in [7, 11) is 0. The SMILES string of the molecule is Cc1cccc(OCCCNC2CC2)c1[N+](=O)[O-]. The second kappa shape index (κ2) is 5.82. The first kappa shape index (κ1) is 12.8. The minimum atomic E-state index is -0.382. The number of rotatable bonds is 7. The maximum atomic E-state index is 10.9. The van der Waals surface area contributed by atoms with Crippen molar-refractivity contribution < 1.29 is 9.66 Å². The van der Waals surface area contributed by atoms with Crippen LogP contribution in [0.5, 0.6) is 5.75 Å². The first-order valence-corrected chi connectivity index (χ1v) is 6.28. The molecule has 5 nitrogen and oxygen atoms in total. The van der Waals surface area contributed by atoms with Crippen molar-refractivity contribution in [3.05, 3.63) is 33.9 Å². The zero-order valence-corrected chi connectivity index (χ0v) is 10.5. The second-order valence-corrected chi connectivity index (χ2v) is 4.61. The van der Waals surface area contributed by atoms with Crippen LogP contribution >= 0.6 is 0 Å². The highest BCUT2D eigenvalue weighted by atomic mass is 16.6. The van der Waals surface area contributed by atoms with Crippen LogP contribution in [0.15, 0.2) is 18.2 Å². The van der Waals surface area contributed by atoms with Crippen LogP contribution in [0, 0.1) is 17.0 Å². The fourth-order valence-electron chi connectivity index (χ4n) is 1.83. The molecule has 0 aromatic heterocycles. The van der Waals surface area contributed by atoms with Gasteiger partial charge in [0.25, 0.3) is 0 Å². The molecule has 1 aliphatic carbocycles. The molecule has 1 aromatic carbocycles. The molecule has 0 spiro atoms. The molecular weight excluding hydrogens is 232 g/mol. The lowest BCUT2D eigenvalue weighted by atomic mass is 10.2. The molecule has 1 saturated carbocycles. The number of nitro groups is 1. The number of benzene rings is 1. The average molecular weight is 250 g/mol. The Hall–Kier alpha value is -1.62. The van der Waals surface area contributed by atoms with E-state index >= 15 is 0 Å². The van der Waals surface area contributed by atoms with Gasteiger partial charge in [-0.25, -0.2) is 0 Å². The number of nitro benzene ring substituents is 1. The molecule has 0 saturated heterocycles. The summed E-state index contributed by atoms with van der Waals surface area (Å²) in [6.07, 6.45) is 3.40. The monoisotopic (exact) mass is 250 g/mol. The normalized spacial score (nSPS) is 14.5. The van der Waals surface area contributed by atoms with Crippen LogP contribution in [-0.4, -0.2) is 24.1 Å². The number of para-hydroxylation sites is 1. The lowest BCUT2D eigenvalue weighted by Gasteiger charge is -2.08. The van der Waals surface area contributed by atoms with E-state index in [1.807, 2.05) is 0 Å². The zero-order chi connectivity index (χ0) is 13.0. The van der Waals surface area contributed by atoms with E-state index < -0.39 is 0 Å². The van der Waals surface area contributed by atoms with Crippen molar-refractivity contribution in [3.63, 3.8) is 0 Å².